The van der Waals surface area contributed by atoms with Crippen LogP contribution in [0, 0.1) is 0 Å². The average molecular weight is 529 g/mol. The monoisotopic (exact) mass is 528 g/mol. The second-order valence-corrected chi connectivity index (χ2v) is 9.00. The molecule has 0 atom stereocenters. The van der Waals surface area contributed by atoms with Crippen molar-refractivity contribution in [3.63, 3.8) is 0 Å². The third-order valence-electron chi connectivity index (χ3n) is 5.94. The van der Waals surface area contributed by atoms with E-state index in [0.717, 1.165) is 25.7 Å². The standard InChI is InChI=1S/C22H40N8O7/c23-26-25-6-4-2-1-3-5-24-19(31)15-27-7-9-28(16-20(32)33)11-13-30(18-22(36)37)14-12-29(10-8-27)17-21(34)35/h1-18H2,(H,24,31)(H,32,33)(H,34,35)(H,36,37). The Balaban J connectivity index is 2.72. The van der Waals surface area contributed by atoms with E-state index in [1.54, 1.807) is 14.7 Å². The molecule has 15 nitrogen and oxygen atoms in total. The van der Waals surface area contributed by atoms with Gasteiger partial charge in [-0.2, -0.15) is 0 Å². The molecule has 0 radical (unpaired) electrons. The third kappa shape index (κ3) is 17.2. The number of aliphatic carboxylic acids is 3. The summed E-state index contributed by atoms with van der Waals surface area (Å²) in [5.41, 5.74) is 8.26. The largest absolute Gasteiger partial charge is 0.480 e. The quantitative estimate of drug-likeness (QED) is 0.0918. The van der Waals surface area contributed by atoms with Gasteiger partial charge in [-0.1, -0.05) is 18.0 Å². The topological polar surface area (TPSA) is 203 Å². The molecule has 210 valence electrons. The lowest BCUT2D eigenvalue weighted by molar-refractivity contribution is -0.140. The number of nitrogens with one attached hydrogen (secondary N) is 1. The fourth-order valence-electron chi connectivity index (χ4n) is 3.98. The predicted octanol–water partition coefficient (Wildman–Crippen LogP) is -0.551. The first kappa shape index (κ1) is 32.1. The van der Waals surface area contributed by atoms with Gasteiger partial charge in [0.1, 0.15) is 0 Å². The summed E-state index contributed by atoms with van der Waals surface area (Å²) in [6.07, 6.45) is 3.41. The molecular weight excluding hydrogens is 488 g/mol. The van der Waals surface area contributed by atoms with E-state index in [0.29, 0.717) is 65.4 Å². The Morgan fingerprint density at radius 1 is 0.649 bits per heavy atom. The van der Waals surface area contributed by atoms with Crippen LogP contribution in [0.5, 0.6) is 0 Å². The van der Waals surface area contributed by atoms with Crippen molar-refractivity contribution in [3.8, 4) is 0 Å². The molecule has 1 heterocycles. The van der Waals surface area contributed by atoms with Crippen LogP contribution in [0.2, 0.25) is 0 Å². The van der Waals surface area contributed by atoms with Gasteiger partial charge in [-0.15, -0.1) is 0 Å². The van der Waals surface area contributed by atoms with Crippen molar-refractivity contribution in [2.45, 2.75) is 25.7 Å². The minimum absolute atomic E-state index is 0.101. The second kappa shape index (κ2) is 19.2. The molecule has 0 saturated carbocycles. The van der Waals surface area contributed by atoms with Crippen molar-refractivity contribution in [2.24, 2.45) is 5.11 Å². The summed E-state index contributed by atoms with van der Waals surface area (Å²) < 4.78 is 0. The van der Waals surface area contributed by atoms with Gasteiger partial charge < -0.3 is 20.6 Å². The van der Waals surface area contributed by atoms with E-state index >= 15 is 0 Å². The minimum Gasteiger partial charge on any atom is -0.480 e. The Bertz CT molecular complexity index is 746. The van der Waals surface area contributed by atoms with E-state index in [4.69, 9.17) is 5.53 Å². The zero-order valence-electron chi connectivity index (χ0n) is 21.3. The molecule has 4 N–H and O–H groups in total. The van der Waals surface area contributed by atoms with E-state index in [2.05, 4.69) is 15.3 Å². The summed E-state index contributed by atoms with van der Waals surface area (Å²) in [5.74, 6) is -3.16. The molecule has 0 spiro atoms. The van der Waals surface area contributed by atoms with Crippen LogP contribution in [0.3, 0.4) is 0 Å². The number of rotatable bonds is 15. The van der Waals surface area contributed by atoms with Crippen LogP contribution in [-0.2, 0) is 19.2 Å². The number of hydrogen-bond donors (Lipinski definition) is 4. The van der Waals surface area contributed by atoms with Crippen LogP contribution in [0.15, 0.2) is 5.11 Å². The minimum atomic E-state index is -1.01. The van der Waals surface area contributed by atoms with Crippen molar-refractivity contribution in [2.75, 3.05) is 91.6 Å². The van der Waals surface area contributed by atoms with Gasteiger partial charge in [0, 0.05) is 70.4 Å². The summed E-state index contributed by atoms with van der Waals surface area (Å²) in [6, 6.07) is 0. The van der Waals surface area contributed by atoms with Gasteiger partial charge in [-0.25, -0.2) is 0 Å². The average Bonchev–Trinajstić information content (AvgIpc) is 2.81. The van der Waals surface area contributed by atoms with Gasteiger partial charge in [-0.3, -0.25) is 38.8 Å². The zero-order chi connectivity index (χ0) is 27.5. The van der Waals surface area contributed by atoms with Crippen LogP contribution in [0.1, 0.15) is 25.7 Å². The highest BCUT2D eigenvalue weighted by Crippen LogP contribution is 2.02. The first-order chi connectivity index (χ1) is 17.7. The van der Waals surface area contributed by atoms with Crippen molar-refractivity contribution in [3.05, 3.63) is 10.4 Å². The van der Waals surface area contributed by atoms with Gasteiger partial charge in [0.15, 0.2) is 0 Å². The third-order valence-corrected chi connectivity index (χ3v) is 5.94. The summed E-state index contributed by atoms with van der Waals surface area (Å²) in [7, 11) is 0. The highest BCUT2D eigenvalue weighted by Gasteiger charge is 2.21. The molecule has 1 aliphatic rings. The molecule has 1 fully saturated rings. The summed E-state index contributed by atoms with van der Waals surface area (Å²) >= 11 is 0. The lowest BCUT2D eigenvalue weighted by Crippen LogP contribution is -2.49. The number of carboxylic acid groups (broad SMARTS) is 3. The van der Waals surface area contributed by atoms with E-state index in [9.17, 15) is 34.5 Å². The maximum absolute atomic E-state index is 12.5. The highest BCUT2D eigenvalue weighted by atomic mass is 16.4. The SMILES string of the molecule is [N-]=[N+]=NCCCCCCNC(=O)CN1CCN(CC(=O)O)CCN(CC(=O)O)CCN(CC(=O)O)CC1. The fourth-order valence-corrected chi connectivity index (χ4v) is 3.98. The first-order valence-corrected chi connectivity index (χ1v) is 12.5. The molecule has 0 aromatic heterocycles. The Kier molecular flexibility index (Phi) is 16.6. The lowest BCUT2D eigenvalue weighted by Gasteiger charge is -2.32. The van der Waals surface area contributed by atoms with E-state index in [-0.39, 0.29) is 32.1 Å². The molecule has 0 aliphatic carbocycles. The molecule has 1 aliphatic heterocycles. The molecule has 15 heteroatoms. The van der Waals surface area contributed by atoms with Crippen molar-refractivity contribution < 1.29 is 34.5 Å². The summed E-state index contributed by atoms with van der Waals surface area (Å²) in [4.78, 5) is 56.2. The van der Waals surface area contributed by atoms with Crippen molar-refractivity contribution in [1.82, 2.24) is 24.9 Å². The first-order valence-electron chi connectivity index (χ1n) is 12.5. The van der Waals surface area contributed by atoms with Crippen LogP contribution in [-0.4, -0.2) is 150 Å². The smallest absolute Gasteiger partial charge is 0.317 e. The second-order valence-electron chi connectivity index (χ2n) is 9.00. The van der Waals surface area contributed by atoms with Crippen molar-refractivity contribution in [1.29, 1.82) is 0 Å². The number of carbonyl (C=O) groups is 4. The number of carbonyl (C=O) groups excluding carboxylic acids is 1. The molecule has 0 bridgehead atoms. The van der Waals surface area contributed by atoms with E-state index in [1.807, 2.05) is 4.90 Å². The van der Waals surface area contributed by atoms with Crippen LogP contribution in [0.25, 0.3) is 10.4 Å². The maximum atomic E-state index is 12.5. The molecule has 0 unspecified atom stereocenters. The van der Waals surface area contributed by atoms with Crippen LogP contribution < -0.4 is 5.32 Å². The Morgan fingerprint density at radius 2 is 1.03 bits per heavy atom. The molecule has 1 amide bonds. The molecule has 1 saturated heterocycles. The highest BCUT2D eigenvalue weighted by molar-refractivity contribution is 5.78. The number of unbranched alkanes of at least 4 members (excludes halogenated alkanes) is 3. The van der Waals surface area contributed by atoms with Gasteiger partial charge in [0.05, 0.1) is 26.2 Å². The Morgan fingerprint density at radius 3 is 1.41 bits per heavy atom. The number of carboxylic acids is 3. The number of hydrogen-bond acceptors (Lipinski definition) is 9. The Hall–Kier alpha value is -2.97. The van der Waals surface area contributed by atoms with Gasteiger partial charge in [-0.05, 0) is 18.4 Å². The molecular formula is C22H40N8O7. The zero-order valence-corrected chi connectivity index (χ0v) is 21.3. The Labute approximate surface area is 216 Å². The summed E-state index contributed by atoms with van der Waals surface area (Å²) in [5, 5.41) is 34.2. The van der Waals surface area contributed by atoms with Gasteiger partial charge >= 0.3 is 17.9 Å². The molecule has 1 rings (SSSR count). The van der Waals surface area contributed by atoms with Crippen LogP contribution >= 0.6 is 0 Å². The van der Waals surface area contributed by atoms with Gasteiger partial charge in [0.25, 0.3) is 0 Å². The van der Waals surface area contributed by atoms with Crippen molar-refractivity contribution >= 4 is 23.8 Å². The maximum Gasteiger partial charge on any atom is 0.317 e. The predicted molar refractivity (Wildman–Crippen MR) is 134 cm³/mol. The lowest BCUT2D eigenvalue weighted by atomic mass is 10.2. The summed E-state index contributed by atoms with van der Waals surface area (Å²) in [6.45, 7) is 3.31. The molecule has 0 aromatic rings. The van der Waals surface area contributed by atoms with Gasteiger partial charge in [0.2, 0.25) is 5.91 Å². The molecule has 0 aromatic carbocycles. The number of nitrogens with zero attached hydrogens (tertiary/aromatic N) is 7. The number of azide groups is 1. The normalized spacial score (nSPS) is 17.2. The van der Waals surface area contributed by atoms with Crippen LogP contribution in [0.4, 0.5) is 0 Å². The fraction of sp³-hybridized carbons (Fsp3) is 0.818. The molecule has 37 heavy (non-hydrogen) atoms. The van der Waals surface area contributed by atoms with E-state index in [1.165, 1.54) is 0 Å². The van der Waals surface area contributed by atoms with E-state index < -0.39 is 17.9 Å². The number of amides is 1.